The lowest BCUT2D eigenvalue weighted by molar-refractivity contribution is -0.119. The number of amides is 1. The molecule has 5 nitrogen and oxygen atoms in total. The Hall–Kier alpha value is -3.12. The van der Waals surface area contributed by atoms with Gasteiger partial charge in [-0.2, -0.15) is 0 Å². The Bertz CT molecular complexity index is 893. The van der Waals surface area contributed by atoms with E-state index in [4.69, 9.17) is 14.2 Å². The number of rotatable bonds is 9. The molecule has 0 spiro atoms. The molecular formula is C24H25NO4S. The van der Waals surface area contributed by atoms with Gasteiger partial charge in [0.15, 0.2) is 0 Å². The maximum absolute atomic E-state index is 12.7. The number of nitrogens with one attached hydrogen (secondary N) is 1. The average Bonchev–Trinajstić information content (AvgIpc) is 2.81. The lowest BCUT2D eigenvalue weighted by Gasteiger charge is -2.20. The van der Waals surface area contributed by atoms with Crippen LogP contribution in [0.1, 0.15) is 17.2 Å². The first-order valence-corrected chi connectivity index (χ1v) is 10.5. The SMILES string of the molecule is COc1ccc(SCC(=O)NC(c2ccc(OC)cc2)c2ccc(OC)cc2)cc1. The van der Waals surface area contributed by atoms with Crippen LogP contribution in [-0.4, -0.2) is 33.0 Å². The van der Waals surface area contributed by atoms with Crippen molar-refractivity contribution in [1.29, 1.82) is 0 Å². The van der Waals surface area contributed by atoms with Crippen molar-refractivity contribution in [2.75, 3.05) is 27.1 Å². The van der Waals surface area contributed by atoms with Crippen molar-refractivity contribution in [3.05, 3.63) is 83.9 Å². The van der Waals surface area contributed by atoms with E-state index < -0.39 is 0 Å². The number of carbonyl (C=O) groups excluding carboxylic acids is 1. The molecule has 0 unspecified atom stereocenters. The van der Waals surface area contributed by atoms with Gasteiger partial charge in [0.1, 0.15) is 17.2 Å². The number of hydrogen-bond donors (Lipinski definition) is 1. The minimum atomic E-state index is -0.272. The molecule has 0 saturated carbocycles. The molecule has 0 bridgehead atoms. The minimum absolute atomic E-state index is 0.0487. The summed E-state index contributed by atoms with van der Waals surface area (Å²) in [6.07, 6.45) is 0. The fourth-order valence-electron chi connectivity index (χ4n) is 2.98. The summed E-state index contributed by atoms with van der Waals surface area (Å²) in [7, 11) is 4.90. The van der Waals surface area contributed by atoms with Gasteiger partial charge in [-0.1, -0.05) is 24.3 Å². The molecule has 30 heavy (non-hydrogen) atoms. The second-order valence-electron chi connectivity index (χ2n) is 6.51. The van der Waals surface area contributed by atoms with Crippen molar-refractivity contribution in [3.63, 3.8) is 0 Å². The Morgan fingerprint density at radius 1 is 0.733 bits per heavy atom. The maximum atomic E-state index is 12.7. The molecule has 0 atom stereocenters. The Balaban J connectivity index is 1.73. The van der Waals surface area contributed by atoms with E-state index >= 15 is 0 Å². The molecule has 3 aromatic rings. The van der Waals surface area contributed by atoms with Gasteiger partial charge in [-0.05, 0) is 59.7 Å². The smallest absolute Gasteiger partial charge is 0.231 e. The van der Waals surface area contributed by atoms with E-state index in [1.54, 1.807) is 21.3 Å². The van der Waals surface area contributed by atoms with Crippen molar-refractivity contribution in [1.82, 2.24) is 5.32 Å². The van der Waals surface area contributed by atoms with E-state index in [-0.39, 0.29) is 11.9 Å². The van der Waals surface area contributed by atoms with Crippen molar-refractivity contribution in [2.24, 2.45) is 0 Å². The number of ether oxygens (including phenoxy) is 3. The van der Waals surface area contributed by atoms with Crippen LogP contribution in [-0.2, 0) is 4.79 Å². The van der Waals surface area contributed by atoms with Gasteiger partial charge in [0, 0.05) is 4.90 Å². The second kappa shape index (κ2) is 10.6. The Labute approximate surface area is 181 Å². The van der Waals surface area contributed by atoms with E-state index in [0.717, 1.165) is 33.3 Å². The molecule has 1 amide bonds. The van der Waals surface area contributed by atoms with Gasteiger partial charge < -0.3 is 19.5 Å². The summed E-state index contributed by atoms with van der Waals surface area (Å²) in [6, 6.07) is 22.8. The summed E-state index contributed by atoms with van der Waals surface area (Å²) in [6.45, 7) is 0. The molecule has 0 aliphatic carbocycles. The number of thioether (sulfide) groups is 1. The fraction of sp³-hybridized carbons (Fsp3) is 0.208. The molecule has 3 rings (SSSR count). The predicted octanol–water partition coefficient (Wildman–Crippen LogP) is 4.71. The fourth-order valence-corrected chi connectivity index (χ4v) is 3.68. The number of benzene rings is 3. The van der Waals surface area contributed by atoms with Crippen LogP contribution in [0.3, 0.4) is 0 Å². The first kappa shape index (κ1) is 21.6. The molecule has 0 fully saturated rings. The molecule has 0 aliphatic heterocycles. The van der Waals surface area contributed by atoms with Crippen LogP contribution in [0.2, 0.25) is 0 Å². The van der Waals surface area contributed by atoms with E-state index in [0.29, 0.717) is 5.75 Å². The van der Waals surface area contributed by atoms with Crippen LogP contribution in [0.4, 0.5) is 0 Å². The van der Waals surface area contributed by atoms with Gasteiger partial charge in [-0.3, -0.25) is 4.79 Å². The van der Waals surface area contributed by atoms with Gasteiger partial charge in [0.2, 0.25) is 5.91 Å². The van der Waals surface area contributed by atoms with Crippen LogP contribution in [0.5, 0.6) is 17.2 Å². The highest BCUT2D eigenvalue weighted by Gasteiger charge is 2.17. The van der Waals surface area contributed by atoms with E-state index in [1.807, 2.05) is 72.8 Å². The lowest BCUT2D eigenvalue weighted by atomic mass is 9.98. The predicted molar refractivity (Wildman–Crippen MR) is 120 cm³/mol. The van der Waals surface area contributed by atoms with Gasteiger partial charge in [-0.15, -0.1) is 11.8 Å². The highest BCUT2D eigenvalue weighted by atomic mass is 32.2. The first-order chi connectivity index (χ1) is 14.6. The quantitative estimate of drug-likeness (QED) is 0.505. The molecule has 156 valence electrons. The molecular weight excluding hydrogens is 398 g/mol. The third-order valence-electron chi connectivity index (χ3n) is 4.63. The maximum Gasteiger partial charge on any atom is 0.231 e. The Morgan fingerprint density at radius 3 is 1.53 bits per heavy atom. The molecule has 0 heterocycles. The number of hydrogen-bond acceptors (Lipinski definition) is 5. The molecule has 3 aromatic carbocycles. The Kier molecular flexibility index (Phi) is 7.63. The van der Waals surface area contributed by atoms with E-state index in [2.05, 4.69) is 5.32 Å². The number of methoxy groups -OCH3 is 3. The zero-order chi connectivity index (χ0) is 21.3. The van der Waals surface area contributed by atoms with Crippen molar-refractivity contribution in [3.8, 4) is 17.2 Å². The Morgan fingerprint density at radius 2 is 1.13 bits per heavy atom. The average molecular weight is 424 g/mol. The molecule has 0 aliphatic rings. The van der Waals surface area contributed by atoms with Gasteiger partial charge in [0.05, 0.1) is 33.1 Å². The highest BCUT2D eigenvalue weighted by molar-refractivity contribution is 8.00. The summed E-state index contributed by atoms with van der Waals surface area (Å²) >= 11 is 1.48. The summed E-state index contributed by atoms with van der Waals surface area (Å²) < 4.78 is 15.7. The monoisotopic (exact) mass is 423 g/mol. The van der Waals surface area contributed by atoms with E-state index in [9.17, 15) is 4.79 Å². The molecule has 1 N–H and O–H groups in total. The third-order valence-corrected chi connectivity index (χ3v) is 5.64. The van der Waals surface area contributed by atoms with Crippen LogP contribution in [0.25, 0.3) is 0 Å². The van der Waals surface area contributed by atoms with Crippen LogP contribution >= 0.6 is 11.8 Å². The third kappa shape index (κ3) is 5.70. The summed E-state index contributed by atoms with van der Waals surface area (Å²) in [4.78, 5) is 13.7. The van der Waals surface area contributed by atoms with Crippen LogP contribution in [0.15, 0.2) is 77.7 Å². The largest absolute Gasteiger partial charge is 0.497 e. The summed E-state index contributed by atoms with van der Waals surface area (Å²) in [5.41, 5.74) is 1.95. The van der Waals surface area contributed by atoms with Gasteiger partial charge in [-0.25, -0.2) is 0 Å². The zero-order valence-electron chi connectivity index (χ0n) is 17.3. The van der Waals surface area contributed by atoms with Crippen molar-refractivity contribution >= 4 is 17.7 Å². The lowest BCUT2D eigenvalue weighted by Crippen LogP contribution is -2.30. The van der Waals surface area contributed by atoms with E-state index in [1.165, 1.54) is 11.8 Å². The van der Waals surface area contributed by atoms with Gasteiger partial charge >= 0.3 is 0 Å². The van der Waals surface area contributed by atoms with Crippen LogP contribution < -0.4 is 19.5 Å². The zero-order valence-corrected chi connectivity index (χ0v) is 18.1. The van der Waals surface area contributed by atoms with Crippen molar-refractivity contribution in [2.45, 2.75) is 10.9 Å². The van der Waals surface area contributed by atoms with Crippen LogP contribution in [0, 0.1) is 0 Å². The normalized spacial score (nSPS) is 10.5. The second-order valence-corrected chi connectivity index (χ2v) is 7.56. The minimum Gasteiger partial charge on any atom is -0.497 e. The van der Waals surface area contributed by atoms with Gasteiger partial charge in [0.25, 0.3) is 0 Å². The molecule has 0 aromatic heterocycles. The van der Waals surface area contributed by atoms with Crippen molar-refractivity contribution < 1.29 is 19.0 Å². The topological polar surface area (TPSA) is 56.8 Å². The molecule has 6 heteroatoms. The standard InChI is InChI=1S/C24H25NO4S/c1-27-19-8-4-17(5-9-19)24(18-6-10-20(28-2)11-7-18)25-23(26)16-30-22-14-12-21(29-3)13-15-22/h4-15,24H,16H2,1-3H3,(H,25,26). The first-order valence-electron chi connectivity index (χ1n) is 9.47. The molecule has 0 radical (unpaired) electrons. The summed E-state index contributed by atoms with van der Waals surface area (Å²) in [5.74, 6) is 2.60. The number of carbonyl (C=O) groups is 1. The molecule has 0 saturated heterocycles. The highest BCUT2D eigenvalue weighted by Crippen LogP contribution is 2.27. The summed E-state index contributed by atoms with van der Waals surface area (Å²) in [5, 5.41) is 3.15.